The van der Waals surface area contributed by atoms with E-state index in [4.69, 9.17) is 4.42 Å². The number of aromatic nitrogens is 8. The third kappa shape index (κ3) is 2.94. The van der Waals surface area contributed by atoms with Gasteiger partial charge in [0, 0.05) is 31.9 Å². The second kappa shape index (κ2) is 7.08. The summed E-state index contributed by atoms with van der Waals surface area (Å²) < 4.78 is 23.1. The molecule has 1 aliphatic heterocycles. The van der Waals surface area contributed by atoms with Crippen molar-refractivity contribution in [3.05, 3.63) is 71.3 Å². The molecular weight excluding hydrogens is 429 g/mol. The minimum Gasteiger partial charge on any atom is -0.411 e. The van der Waals surface area contributed by atoms with Crippen molar-refractivity contribution < 1.29 is 13.6 Å². The van der Waals surface area contributed by atoms with Crippen LogP contribution in [0.2, 0.25) is 0 Å². The lowest BCUT2D eigenvalue weighted by atomic mass is 9.99. The average molecular weight is 447 g/mol. The summed E-state index contributed by atoms with van der Waals surface area (Å²) in [5.74, 6) is -0.797. The quantitative estimate of drug-likeness (QED) is 0.449. The van der Waals surface area contributed by atoms with Gasteiger partial charge in [0.2, 0.25) is 0 Å². The molecule has 0 spiro atoms. The number of hydrogen-bond donors (Lipinski definition) is 1. The van der Waals surface area contributed by atoms with Crippen LogP contribution >= 0.6 is 0 Å². The van der Waals surface area contributed by atoms with Crippen LogP contribution in [-0.4, -0.2) is 56.9 Å². The number of fused-ring (bicyclic) bond motifs is 2. The number of imidazole rings is 1. The Kier molecular flexibility index (Phi) is 4.15. The number of halogens is 1. The fourth-order valence-corrected chi connectivity index (χ4v) is 4.31. The number of hydrogen-bond acceptors (Lipinski definition) is 7. The van der Waals surface area contributed by atoms with Gasteiger partial charge in [-0.25, -0.2) is 13.9 Å². The Hall–Kier alpha value is -4.35. The van der Waals surface area contributed by atoms with Gasteiger partial charge in [0.1, 0.15) is 23.1 Å². The molecule has 12 heteroatoms. The van der Waals surface area contributed by atoms with E-state index in [9.17, 15) is 9.18 Å². The predicted octanol–water partition coefficient (Wildman–Crippen LogP) is 2.08. The molecule has 0 unspecified atom stereocenters. The zero-order chi connectivity index (χ0) is 22.7. The normalized spacial score (nSPS) is 15.8. The number of rotatable bonds is 3. The number of nitrogens with zero attached hydrogens (tertiary/aromatic N) is 8. The summed E-state index contributed by atoms with van der Waals surface area (Å²) >= 11 is 0. The summed E-state index contributed by atoms with van der Waals surface area (Å²) in [7, 11) is 1.76. The minimum atomic E-state index is -0.638. The van der Waals surface area contributed by atoms with Crippen LogP contribution in [0.5, 0.6) is 0 Å². The number of H-pyrrole nitrogens is 1. The second-order valence-electron chi connectivity index (χ2n) is 7.88. The van der Waals surface area contributed by atoms with Gasteiger partial charge < -0.3 is 14.3 Å². The van der Waals surface area contributed by atoms with E-state index in [2.05, 4.69) is 30.4 Å². The Morgan fingerprint density at radius 3 is 3.00 bits per heavy atom. The number of carbonyl (C=O) groups is 1. The smallest absolute Gasteiger partial charge is 0.312 e. The molecule has 6 heterocycles. The molecule has 1 N–H and O–H groups in total. The fourth-order valence-electron chi connectivity index (χ4n) is 4.31. The molecule has 166 valence electrons. The van der Waals surface area contributed by atoms with Gasteiger partial charge in [0.15, 0.2) is 0 Å². The summed E-state index contributed by atoms with van der Waals surface area (Å²) in [6.07, 6.45) is 5.49. The summed E-state index contributed by atoms with van der Waals surface area (Å²) in [5, 5.41) is 16.8. The van der Waals surface area contributed by atoms with Crippen LogP contribution in [-0.2, 0) is 13.5 Å². The van der Waals surface area contributed by atoms with Crippen molar-refractivity contribution in [1.82, 2.24) is 44.5 Å². The highest BCUT2D eigenvalue weighted by molar-refractivity contribution is 5.90. The molecule has 0 aromatic carbocycles. The SMILES string of the molecule is Cc1cnn(C)c1-c1nnc(C(=O)N2CCc3[nH]cnc3[C@H]2c2cc3c(F)cccn3n2)o1. The maximum Gasteiger partial charge on any atom is 0.312 e. The van der Waals surface area contributed by atoms with Crippen molar-refractivity contribution in [3.8, 4) is 11.6 Å². The van der Waals surface area contributed by atoms with Crippen LogP contribution in [0.4, 0.5) is 4.39 Å². The van der Waals surface area contributed by atoms with Crippen molar-refractivity contribution in [2.45, 2.75) is 19.4 Å². The standard InChI is InChI=1S/C21H18FN9O2/c1-11-9-25-29(2)17(11)19-26-27-20(33-19)21(32)30-7-5-13-16(24-10-23-13)18(30)14-8-15-12(22)4-3-6-31(15)28-14/h3-4,6,8-10,18H,5,7H2,1-2H3,(H,23,24)/t18-/m1/s1. The Labute approximate surface area is 185 Å². The molecule has 0 bridgehead atoms. The average Bonchev–Trinajstić information content (AvgIpc) is 3.59. The molecule has 33 heavy (non-hydrogen) atoms. The minimum absolute atomic E-state index is 0.149. The summed E-state index contributed by atoms with van der Waals surface area (Å²) in [4.78, 5) is 22.6. The van der Waals surface area contributed by atoms with Crippen LogP contribution in [0.25, 0.3) is 17.1 Å². The van der Waals surface area contributed by atoms with Gasteiger partial charge in [-0.2, -0.15) is 10.2 Å². The van der Waals surface area contributed by atoms with Crippen molar-refractivity contribution in [3.63, 3.8) is 0 Å². The third-order valence-electron chi connectivity index (χ3n) is 5.87. The molecule has 1 aliphatic rings. The molecule has 0 radical (unpaired) electrons. The molecule has 5 aromatic heterocycles. The highest BCUT2D eigenvalue weighted by Crippen LogP contribution is 2.34. The predicted molar refractivity (Wildman–Crippen MR) is 112 cm³/mol. The zero-order valence-corrected chi connectivity index (χ0v) is 17.7. The molecule has 5 aromatic rings. The zero-order valence-electron chi connectivity index (χ0n) is 17.7. The number of aromatic amines is 1. The lowest BCUT2D eigenvalue weighted by molar-refractivity contribution is 0.0646. The second-order valence-corrected chi connectivity index (χ2v) is 7.88. The van der Waals surface area contributed by atoms with Gasteiger partial charge in [0.25, 0.3) is 5.89 Å². The summed E-state index contributed by atoms with van der Waals surface area (Å²) in [6, 6.07) is 3.93. The van der Waals surface area contributed by atoms with Crippen LogP contribution in [0.1, 0.15) is 39.4 Å². The van der Waals surface area contributed by atoms with E-state index in [0.717, 1.165) is 11.3 Å². The van der Waals surface area contributed by atoms with E-state index < -0.39 is 17.8 Å². The molecule has 6 rings (SSSR count). The van der Waals surface area contributed by atoms with Gasteiger partial charge in [-0.05, 0) is 30.7 Å². The topological polar surface area (TPSA) is 123 Å². The number of nitrogens with one attached hydrogen (secondary N) is 1. The van der Waals surface area contributed by atoms with Gasteiger partial charge in [0.05, 0.1) is 23.9 Å². The van der Waals surface area contributed by atoms with Gasteiger partial charge in [-0.1, -0.05) is 0 Å². The van der Waals surface area contributed by atoms with Crippen LogP contribution in [0.15, 0.2) is 41.3 Å². The monoisotopic (exact) mass is 447 g/mol. The lowest BCUT2D eigenvalue weighted by Gasteiger charge is -2.32. The van der Waals surface area contributed by atoms with E-state index >= 15 is 0 Å². The highest BCUT2D eigenvalue weighted by atomic mass is 19.1. The molecule has 0 aliphatic carbocycles. The van der Waals surface area contributed by atoms with Crippen molar-refractivity contribution >= 4 is 11.4 Å². The Morgan fingerprint density at radius 1 is 1.33 bits per heavy atom. The first kappa shape index (κ1) is 19.3. The Morgan fingerprint density at radius 2 is 2.21 bits per heavy atom. The summed E-state index contributed by atoms with van der Waals surface area (Å²) in [6.45, 7) is 2.24. The number of aryl methyl sites for hydroxylation is 2. The largest absolute Gasteiger partial charge is 0.411 e. The molecule has 0 fully saturated rings. The van der Waals surface area contributed by atoms with E-state index in [1.165, 1.54) is 10.6 Å². The summed E-state index contributed by atoms with van der Waals surface area (Å²) in [5.41, 5.74) is 3.85. The van der Waals surface area contributed by atoms with E-state index in [1.807, 2.05) is 6.92 Å². The first-order chi connectivity index (χ1) is 16.0. The van der Waals surface area contributed by atoms with Gasteiger partial charge in [-0.15, -0.1) is 10.2 Å². The maximum atomic E-state index is 14.3. The molecule has 1 atom stereocenters. The number of amides is 1. The molecule has 1 amide bonds. The van der Waals surface area contributed by atoms with Crippen LogP contribution < -0.4 is 0 Å². The molecular formula is C21H18FN9O2. The number of pyridine rings is 1. The third-order valence-corrected chi connectivity index (χ3v) is 5.87. The first-order valence-electron chi connectivity index (χ1n) is 10.3. The van der Waals surface area contributed by atoms with E-state index in [1.54, 1.807) is 47.5 Å². The maximum absolute atomic E-state index is 14.3. The Balaban J connectivity index is 1.42. The molecule has 0 saturated carbocycles. The van der Waals surface area contributed by atoms with Crippen LogP contribution in [0.3, 0.4) is 0 Å². The Bertz CT molecular complexity index is 1490. The van der Waals surface area contributed by atoms with Gasteiger partial charge >= 0.3 is 11.8 Å². The van der Waals surface area contributed by atoms with Crippen molar-refractivity contribution in [2.24, 2.45) is 7.05 Å². The van der Waals surface area contributed by atoms with Gasteiger partial charge in [-0.3, -0.25) is 9.48 Å². The van der Waals surface area contributed by atoms with Crippen molar-refractivity contribution in [1.29, 1.82) is 0 Å². The molecule has 11 nitrogen and oxygen atoms in total. The first-order valence-corrected chi connectivity index (χ1v) is 10.3. The lowest BCUT2D eigenvalue weighted by Crippen LogP contribution is -2.41. The van der Waals surface area contributed by atoms with Crippen LogP contribution in [0, 0.1) is 12.7 Å². The van der Waals surface area contributed by atoms with E-state index in [-0.39, 0.29) is 11.8 Å². The van der Waals surface area contributed by atoms with E-state index in [0.29, 0.717) is 35.6 Å². The highest BCUT2D eigenvalue weighted by Gasteiger charge is 2.38. The number of carbonyl (C=O) groups excluding carboxylic acids is 1. The molecule has 0 saturated heterocycles. The van der Waals surface area contributed by atoms with Crippen molar-refractivity contribution in [2.75, 3.05) is 6.54 Å². The fraction of sp³-hybridized carbons (Fsp3) is 0.238.